The number of hydrogen-bond donors (Lipinski definition) is 1. The number of hydrazone groups is 1. The van der Waals surface area contributed by atoms with Crippen LogP contribution in [-0.4, -0.2) is 23.1 Å². The summed E-state index contributed by atoms with van der Waals surface area (Å²) in [4.78, 5) is 22.0. The Morgan fingerprint density at radius 3 is 2.68 bits per heavy atom. The van der Waals surface area contributed by atoms with Crippen molar-refractivity contribution in [1.29, 1.82) is 0 Å². The van der Waals surface area contributed by atoms with E-state index in [1.54, 1.807) is 13.0 Å². The molecule has 0 heterocycles. The summed E-state index contributed by atoms with van der Waals surface area (Å²) in [5.74, 6) is -0.120. The summed E-state index contributed by atoms with van der Waals surface area (Å²) >= 11 is 3.18. The van der Waals surface area contributed by atoms with Crippen molar-refractivity contribution in [3.05, 3.63) is 86.9 Å². The van der Waals surface area contributed by atoms with Gasteiger partial charge in [0.15, 0.2) is 6.61 Å². The second-order valence-electron chi connectivity index (χ2n) is 5.58. The summed E-state index contributed by atoms with van der Waals surface area (Å²) in [5.41, 5.74) is 4.01. The van der Waals surface area contributed by atoms with E-state index in [0.717, 1.165) is 5.56 Å². The topological polar surface area (TPSA) is 93.8 Å². The van der Waals surface area contributed by atoms with E-state index in [9.17, 15) is 14.9 Å². The fourth-order valence-corrected chi connectivity index (χ4v) is 2.49. The molecule has 0 atom stereocenters. The van der Waals surface area contributed by atoms with Crippen molar-refractivity contribution in [2.45, 2.75) is 6.92 Å². The predicted octanol–water partition coefficient (Wildman–Crippen LogP) is 4.50. The van der Waals surface area contributed by atoms with Crippen molar-refractivity contribution in [2.24, 2.45) is 5.10 Å². The molecular formula is C20H18BrN3O4. The van der Waals surface area contributed by atoms with Crippen molar-refractivity contribution in [1.82, 2.24) is 5.43 Å². The fourth-order valence-electron chi connectivity index (χ4n) is 2.01. The SMILES string of the molecule is CC(C=CC=Cc1ccccc1)=NNC(=O)COc1ccc([N+](=O)[O-])cc1Br. The molecule has 2 aromatic carbocycles. The van der Waals surface area contributed by atoms with Crippen LogP contribution in [0.25, 0.3) is 6.08 Å². The second kappa shape index (κ2) is 10.8. The first-order chi connectivity index (χ1) is 13.5. The molecule has 0 fully saturated rings. The number of nitrogens with zero attached hydrogens (tertiary/aromatic N) is 2. The van der Waals surface area contributed by atoms with E-state index in [1.165, 1.54) is 18.2 Å². The fraction of sp³-hybridized carbons (Fsp3) is 0.100. The maximum atomic E-state index is 11.8. The zero-order chi connectivity index (χ0) is 20.4. The molecule has 8 heteroatoms. The van der Waals surface area contributed by atoms with Crippen molar-refractivity contribution in [3.63, 3.8) is 0 Å². The number of nitrogens with one attached hydrogen (secondary N) is 1. The zero-order valence-corrected chi connectivity index (χ0v) is 16.6. The highest BCUT2D eigenvalue weighted by molar-refractivity contribution is 9.10. The largest absolute Gasteiger partial charge is 0.483 e. The minimum atomic E-state index is -0.513. The molecule has 0 saturated carbocycles. The predicted molar refractivity (Wildman–Crippen MR) is 112 cm³/mol. The number of rotatable bonds is 8. The first-order valence-corrected chi connectivity index (χ1v) is 9.04. The lowest BCUT2D eigenvalue weighted by molar-refractivity contribution is -0.384. The van der Waals surface area contributed by atoms with Crippen LogP contribution in [0.5, 0.6) is 5.75 Å². The average Bonchev–Trinajstić information content (AvgIpc) is 2.69. The van der Waals surface area contributed by atoms with Crippen molar-refractivity contribution in [3.8, 4) is 5.75 Å². The third kappa shape index (κ3) is 7.16. The van der Waals surface area contributed by atoms with Gasteiger partial charge in [-0.05, 0) is 40.6 Å². The van der Waals surface area contributed by atoms with Crippen molar-refractivity contribution < 1.29 is 14.5 Å². The van der Waals surface area contributed by atoms with Gasteiger partial charge in [0.2, 0.25) is 0 Å². The number of amides is 1. The molecule has 2 aromatic rings. The van der Waals surface area contributed by atoms with E-state index < -0.39 is 10.8 Å². The summed E-state index contributed by atoms with van der Waals surface area (Å²) in [7, 11) is 0. The van der Waals surface area contributed by atoms with Gasteiger partial charge < -0.3 is 4.74 Å². The Balaban J connectivity index is 1.80. The van der Waals surface area contributed by atoms with Gasteiger partial charge in [0.25, 0.3) is 11.6 Å². The van der Waals surface area contributed by atoms with E-state index in [2.05, 4.69) is 26.5 Å². The molecule has 0 aliphatic heterocycles. The van der Waals surface area contributed by atoms with Gasteiger partial charge in [0.1, 0.15) is 5.75 Å². The highest BCUT2D eigenvalue weighted by Crippen LogP contribution is 2.28. The Bertz CT molecular complexity index is 924. The summed E-state index contributed by atoms with van der Waals surface area (Å²) in [6.45, 7) is 1.48. The van der Waals surface area contributed by atoms with E-state index in [1.807, 2.05) is 48.6 Å². The highest BCUT2D eigenvalue weighted by atomic mass is 79.9. The van der Waals surface area contributed by atoms with E-state index in [0.29, 0.717) is 15.9 Å². The molecule has 0 spiro atoms. The van der Waals surface area contributed by atoms with Crippen LogP contribution in [0, 0.1) is 10.1 Å². The first kappa shape index (κ1) is 21.0. The van der Waals surface area contributed by atoms with Crippen LogP contribution in [0.15, 0.2) is 76.3 Å². The number of carbonyl (C=O) groups excluding carboxylic acids is 1. The number of nitro benzene ring substituents is 1. The van der Waals surface area contributed by atoms with Crippen LogP contribution in [-0.2, 0) is 4.79 Å². The standard InChI is InChI=1S/C20H18BrN3O4/c1-15(7-5-6-10-16-8-3-2-4-9-16)22-23-20(25)14-28-19-12-11-17(24(26)27)13-18(19)21/h2-13H,14H2,1H3,(H,23,25). The Hall–Kier alpha value is -3.26. The van der Waals surface area contributed by atoms with E-state index in [4.69, 9.17) is 4.74 Å². The molecule has 28 heavy (non-hydrogen) atoms. The van der Waals surface area contributed by atoms with Crippen molar-refractivity contribution >= 4 is 39.3 Å². The Kier molecular flexibility index (Phi) is 8.11. The molecule has 1 amide bonds. The number of hydrogen-bond acceptors (Lipinski definition) is 5. The molecule has 0 radical (unpaired) electrons. The molecule has 0 bridgehead atoms. The molecule has 0 aliphatic rings. The summed E-state index contributed by atoms with van der Waals surface area (Å²) in [5, 5.41) is 14.7. The Labute approximate surface area is 170 Å². The monoisotopic (exact) mass is 443 g/mol. The molecular weight excluding hydrogens is 426 g/mol. The zero-order valence-electron chi connectivity index (χ0n) is 15.0. The number of ether oxygens (including phenoxy) is 1. The lowest BCUT2D eigenvalue weighted by Gasteiger charge is -2.07. The van der Waals surface area contributed by atoms with Gasteiger partial charge in [0, 0.05) is 12.1 Å². The van der Waals surface area contributed by atoms with Gasteiger partial charge in [-0.3, -0.25) is 14.9 Å². The van der Waals surface area contributed by atoms with Crippen LogP contribution in [0.2, 0.25) is 0 Å². The van der Waals surface area contributed by atoms with Gasteiger partial charge in [-0.25, -0.2) is 5.43 Å². The number of benzene rings is 2. The Morgan fingerprint density at radius 2 is 2.00 bits per heavy atom. The molecule has 144 valence electrons. The van der Waals surface area contributed by atoms with Crippen LogP contribution in [0.4, 0.5) is 5.69 Å². The molecule has 0 saturated heterocycles. The van der Waals surface area contributed by atoms with Crippen LogP contribution < -0.4 is 10.2 Å². The lowest BCUT2D eigenvalue weighted by Crippen LogP contribution is -2.25. The molecule has 0 aliphatic carbocycles. The number of nitro groups is 1. The maximum Gasteiger partial charge on any atom is 0.277 e. The number of halogens is 1. The number of non-ortho nitro benzene ring substituents is 1. The maximum absolute atomic E-state index is 11.8. The second-order valence-corrected chi connectivity index (χ2v) is 6.43. The Morgan fingerprint density at radius 1 is 1.25 bits per heavy atom. The summed E-state index contributed by atoms with van der Waals surface area (Å²) in [6, 6.07) is 13.9. The normalized spacial score (nSPS) is 11.7. The minimum absolute atomic E-state index is 0.0722. The first-order valence-electron chi connectivity index (χ1n) is 8.25. The quantitative estimate of drug-likeness (QED) is 0.281. The molecule has 7 nitrogen and oxygen atoms in total. The smallest absolute Gasteiger partial charge is 0.277 e. The number of allylic oxidation sites excluding steroid dienone is 3. The van der Waals surface area contributed by atoms with Gasteiger partial charge in [0.05, 0.1) is 15.1 Å². The van der Waals surface area contributed by atoms with Crippen molar-refractivity contribution in [2.75, 3.05) is 6.61 Å². The van der Waals surface area contributed by atoms with Gasteiger partial charge >= 0.3 is 0 Å². The van der Waals surface area contributed by atoms with Crippen LogP contribution >= 0.6 is 15.9 Å². The van der Waals surface area contributed by atoms with Gasteiger partial charge in [-0.15, -0.1) is 0 Å². The molecule has 1 N–H and O–H groups in total. The van der Waals surface area contributed by atoms with Gasteiger partial charge in [-0.1, -0.05) is 48.6 Å². The summed E-state index contributed by atoms with van der Waals surface area (Å²) in [6.07, 6.45) is 7.42. The van der Waals surface area contributed by atoms with Crippen LogP contribution in [0.1, 0.15) is 12.5 Å². The third-order valence-electron chi connectivity index (χ3n) is 3.38. The lowest BCUT2D eigenvalue weighted by atomic mass is 10.2. The van der Waals surface area contributed by atoms with E-state index in [-0.39, 0.29) is 12.3 Å². The number of carbonyl (C=O) groups is 1. The summed E-state index contributed by atoms with van der Waals surface area (Å²) < 4.78 is 5.72. The molecule has 0 aromatic heterocycles. The van der Waals surface area contributed by atoms with E-state index >= 15 is 0 Å². The molecule has 2 rings (SSSR count). The van der Waals surface area contributed by atoms with Crippen LogP contribution in [0.3, 0.4) is 0 Å². The minimum Gasteiger partial charge on any atom is -0.483 e. The van der Waals surface area contributed by atoms with Gasteiger partial charge in [-0.2, -0.15) is 5.10 Å². The average molecular weight is 444 g/mol. The third-order valence-corrected chi connectivity index (χ3v) is 4.00. The highest BCUT2D eigenvalue weighted by Gasteiger charge is 2.11. The molecule has 0 unspecified atom stereocenters.